The number of hydrazone groups is 1. The van der Waals surface area contributed by atoms with Gasteiger partial charge in [-0.2, -0.15) is 5.10 Å². The van der Waals surface area contributed by atoms with Crippen LogP contribution >= 0.6 is 0 Å². The van der Waals surface area contributed by atoms with Gasteiger partial charge in [0, 0.05) is 12.1 Å². The van der Waals surface area contributed by atoms with Gasteiger partial charge in [-0.3, -0.25) is 14.9 Å². The second-order valence-corrected chi connectivity index (χ2v) is 4.42. The Hall–Kier alpha value is -3.42. The number of nitrogens with zero attached hydrogens (tertiary/aromatic N) is 2. The van der Waals surface area contributed by atoms with Gasteiger partial charge >= 0.3 is 0 Å². The number of phenolic OH excluding ortho intramolecular Hbond substituents is 1. The highest BCUT2D eigenvalue weighted by molar-refractivity contribution is 5.83. The topological polar surface area (TPSA) is 114 Å². The molecule has 23 heavy (non-hydrogen) atoms. The Morgan fingerprint density at radius 1 is 1.22 bits per heavy atom. The first-order valence-corrected chi connectivity index (χ1v) is 6.53. The third-order valence-corrected chi connectivity index (χ3v) is 2.71. The maximum atomic E-state index is 11.5. The van der Waals surface area contributed by atoms with E-state index in [2.05, 4.69) is 10.5 Å². The summed E-state index contributed by atoms with van der Waals surface area (Å²) >= 11 is 0. The molecule has 0 saturated heterocycles. The maximum Gasteiger partial charge on any atom is 0.277 e. The molecule has 8 nitrogen and oxygen atoms in total. The highest BCUT2D eigenvalue weighted by Gasteiger charge is 2.06. The fourth-order valence-corrected chi connectivity index (χ4v) is 1.58. The number of amides is 1. The number of benzene rings is 2. The highest BCUT2D eigenvalue weighted by Crippen LogP contribution is 2.17. The molecular formula is C15H13N3O5. The number of carbonyl (C=O) groups excluding carboxylic acids is 1. The van der Waals surface area contributed by atoms with Gasteiger partial charge in [0.1, 0.15) is 11.5 Å². The number of nitro groups is 1. The molecule has 0 aromatic heterocycles. The van der Waals surface area contributed by atoms with Gasteiger partial charge in [-0.1, -0.05) is 0 Å². The average molecular weight is 315 g/mol. The summed E-state index contributed by atoms with van der Waals surface area (Å²) in [5.41, 5.74) is 2.93. The Balaban J connectivity index is 1.78. The number of rotatable bonds is 6. The van der Waals surface area contributed by atoms with E-state index in [9.17, 15) is 14.9 Å². The van der Waals surface area contributed by atoms with E-state index in [0.29, 0.717) is 11.3 Å². The molecule has 0 heterocycles. The zero-order valence-electron chi connectivity index (χ0n) is 11.9. The molecule has 2 rings (SSSR count). The minimum absolute atomic E-state index is 0.0553. The number of carbonyl (C=O) groups is 1. The molecule has 0 atom stereocenters. The number of hydrogen-bond donors (Lipinski definition) is 2. The first kappa shape index (κ1) is 16.0. The minimum atomic E-state index is -0.519. The van der Waals surface area contributed by atoms with Crippen molar-refractivity contribution in [2.24, 2.45) is 5.10 Å². The summed E-state index contributed by atoms with van der Waals surface area (Å²) in [5.74, 6) is 0.00864. The van der Waals surface area contributed by atoms with Crippen LogP contribution < -0.4 is 10.2 Å². The lowest BCUT2D eigenvalue weighted by Gasteiger charge is -2.04. The Labute approximate surface area is 131 Å². The molecule has 0 fully saturated rings. The van der Waals surface area contributed by atoms with Crippen LogP contribution in [-0.4, -0.2) is 28.8 Å². The van der Waals surface area contributed by atoms with Crippen LogP contribution in [0.5, 0.6) is 11.5 Å². The van der Waals surface area contributed by atoms with E-state index < -0.39 is 10.8 Å². The van der Waals surface area contributed by atoms with Crippen molar-refractivity contribution in [2.45, 2.75) is 0 Å². The second kappa shape index (κ2) is 7.55. The average Bonchev–Trinajstić information content (AvgIpc) is 2.55. The van der Waals surface area contributed by atoms with Gasteiger partial charge in [-0.25, -0.2) is 5.43 Å². The number of aromatic hydroxyl groups is 1. The van der Waals surface area contributed by atoms with Crippen molar-refractivity contribution in [1.29, 1.82) is 0 Å². The van der Waals surface area contributed by atoms with Gasteiger partial charge in [0.2, 0.25) is 0 Å². The van der Waals surface area contributed by atoms with Crippen molar-refractivity contribution < 1.29 is 19.6 Å². The van der Waals surface area contributed by atoms with Crippen molar-refractivity contribution in [3.05, 3.63) is 64.2 Å². The van der Waals surface area contributed by atoms with E-state index in [1.54, 1.807) is 12.1 Å². The van der Waals surface area contributed by atoms with E-state index in [1.165, 1.54) is 42.6 Å². The lowest BCUT2D eigenvalue weighted by Crippen LogP contribution is -2.24. The van der Waals surface area contributed by atoms with E-state index in [1.807, 2.05) is 0 Å². The summed E-state index contributed by atoms with van der Waals surface area (Å²) in [6, 6.07) is 11.7. The quantitative estimate of drug-likeness (QED) is 0.479. The van der Waals surface area contributed by atoms with Crippen molar-refractivity contribution in [1.82, 2.24) is 5.43 Å². The number of non-ortho nitro benzene ring substituents is 1. The Bertz CT molecular complexity index is 711. The maximum absolute atomic E-state index is 11.5. The first-order chi connectivity index (χ1) is 11.0. The van der Waals surface area contributed by atoms with E-state index in [-0.39, 0.29) is 18.0 Å². The molecule has 118 valence electrons. The Morgan fingerprint density at radius 2 is 1.87 bits per heavy atom. The molecular weight excluding hydrogens is 302 g/mol. The molecule has 0 radical (unpaired) electrons. The van der Waals surface area contributed by atoms with Gasteiger partial charge in [-0.15, -0.1) is 0 Å². The number of nitrogens with one attached hydrogen (secondary N) is 1. The van der Waals surface area contributed by atoms with Gasteiger partial charge in [0.25, 0.3) is 11.6 Å². The highest BCUT2D eigenvalue weighted by atomic mass is 16.6. The third-order valence-electron chi connectivity index (χ3n) is 2.71. The molecule has 0 aliphatic heterocycles. The summed E-state index contributed by atoms with van der Waals surface area (Å²) in [7, 11) is 0. The Kier molecular flexibility index (Phi) is 5.24. The summed E-state index contributed by atoms with van der Waals surface area (Å²) in [6.07, 6.45) is 1.42. The monoisotopic (exact) mass is 315 g/mol. The van der Waals surface area contributed by atoms with Gasteiger partial charge < -0.3 is 9.84 Å². The smallest absolute Gasteiger partial charge is 0.277 e. The first-order valence-electron chi connectivity index (χ1n) is 6.53. The van der Waals surface area contributed by atoms with Gasteiger partial charge in [0.15, 0.2) is 6.61 Å². The van der Waals surface area contributed by atoms with Crippen LogP contribution in [0.3, 0.4) is 0 Å². The zero-order valence-corrected chi connectivity index (χ0v) is 11.9. The van der Waals surface area contributed by atoms with Gasteiger partial charge in [-0.05, 0) is 42.0 Å². The van der Waals surface area contributed by atoms with Crippen LogP contribution in [0.4, 0.5) is 5.69 Å². The minimum Gasteiger partial charge on any atom is -0.508 e. The molecule has 0 saturated carbocycles. The van der Waals surface area contributed by atoms with E-state index >= 15 is 0 Å². The standard InChI is InChI=1S/C15H13N3O5/c19-13-5-1-11(2-6-13)9-16-17-15(20)10-23-14-7-3-12(4-8-14)18(21)22/h1-9,19H,10H2,(H,17,20)/b16-9+. The van der Waals surface area contributed by atoms with Crippen molar-refractivity contribution in [2.75, 3.05) is 6.61 Å². The summed E-state index contributed by atoms with van der Waals surface area (Å²) in [5, 5.41) is 23.4. The second-order valence-electron chi connectivity index (χ2n) is 4.42. The molecule has 0 bridgehead atoms. The third kappa shape index (κ3) is 5.12. The number of ether oxygens (including phenoxy) is 1. The van der Waals surface area contributed by atoms with Crippen LogP contribution in [0.2, 0.25) is 0 Å². The van der Waals surface area contributed by atoms with Gasteiger partial charge in [0.05, 0.1) is 11.1 Å². The lowest BCUT2D eigenvalue weighted by molar-refractivity contribution is -0.384. The molecule has 0 unspecified atom stereocenters. The predicted octanol–water partition coefficient (Wildman–Crippen LogP) is 1.83. The number of hydrogen-bond acceptors (Lipinski definition) is 6. The van der Waals surface area contributed by atoms with Crippen molar-refractivity contribution >= 4 is 17.8 Å². The van der Waals surface area contributed by atoms with Crippen LogP contribution in [-0.2, 0) is 4.79 Å². The molecule has 0 aliphatic rings. The van der Waals surface area contributed by atoms with Crippen LogP contribution in [0.1, 0.15) is 5.56 Å². The van der Waals surface area contributed by atoms with Crippen LogP contribution in [0.25, 0.3) is 0 Å². The zero-order chi connectivity index (χ0) is 16.7. The summed E-state index contributed by atoms with van der Waals surface area (Å²) < 4.78 is 5.18. The number of phenols is 1. The van der Waals surface area contributed by atoms with Crippen LogP contribution in [0, 0.1) is 10.1 Å². The normalized spacial score (nSPS) is 10.4. The molecule has 8 heteroatoms. The van der Waals surface area contributed by atoms with Crippen molar-refractivity contribution in [3.8, 4) is 11.5 Å². The molecule has 0 spiro atoms. The fraction of sp³-hybridized carbons (Fsp3) is 0.0667. The lowest BCUT2D eigenvalue weighted by atomic mass is 10.2. The van der Waals surface area contributed by atoms with E-state index in [4.69, 9.17) is 9.84 Å². The molecule has 2 aromatic rings. The summed E-state index contributed by atoms with van der Waals surface area (Å²) in [6.45, 7) is -0.273. The predicted molar refractivity (Wildman–Crippen MR) is 82.4 cm³/mol. The SMILES string of the molecule is O=C(COc1ccc([N+](=O)[O-])cc1)N/N=C/c1ccc(O)cc1. The molecule has 2 N–H and O–H groups in total. The molecule has 0 aliphatic carbocycles. The van der Waals surface area contributed by atoms with E-state index in [0.717, 1.165) is 0 Å². The molecule has 1 amide bonds. The largest absolute Gasteiger partial charge is 0.508 e. The fourth-order valence-electron chi connectivity index (χ4n) is 1.58. The molecule has 2 aromatic carbocycles. The summed E-state index contributed by atoms with van der Waals surface area (Å²) in [4.78, 5) is 21.5. The number of nitro benzene ring substituents is 1. The Morgan fingerprint density at radius 3 is 2.48 bits per heavy atom. The van der Waals surface area contributed by atoms with Crippen molar-refractivity contribution in [3.63, 3.8) is 0 Å². The van der Waals surface area contributed by atoms with Crippen LogP contribution in [0.15, 0.2) is 53.6 Å².